The summed E-state index contributed by atoms with van der Waals surface area (Å²) in [6.45, 7) is 2.08. The van der Waals surface area contributed by atoms with Crippen LogP contribution < -0.4 is 0 Å². The van der Waals surface area contributed by atoms with Gasteiger partial charge in [0.25, 0.3) is 0 Å². The van der Waals surface area contributed by atoms with Crippen LogP contribution in [0.3, 0.4) is 0 Å². The Morgan fingerprint density at radius 3 is 1.43 bits per heavy atom. The van der Waals surface area contributed by atoms with Gasteiger partial charge in [-0.1, -0.05) is 121 Å². The Labute approximate surface area is 270 Å². The second-order valence-electron chi connectivity index (χ2n) is 11.6. The molecule has 46 heavy (non-hydrogen) atoms. The zero-order valence-electron chi connectivity index (χ0n) is 25.8. The lowest BCUT2D eigenvalue weighted by Gasteiger charge is -2.46. The number of carbonyl (C=O) groups is 1. The van der Waals surface area contributed by atoms with E-state index in [0.29, 0.717) is 32.8 Å². The third-order valence-electron chi connectivity index (χ3n) is 8.16. The second-order valence-corrected chi connectivity index (χ2v) is 11.6. The molecule has 7 nitrogen and oxygen atoms in total. The fraction of sp³-hybridized carbons (Fsp3) is 0.308. The monoisotopic (exact) mass is 620 g/mol. The van der Waals surface area contributed by atoms with E-state index < -0.39 is 30.5 Å². The maximum atomic E-state index is 12.0. The van der Waals surface area contributed by atoms with Gasteiger partial charge in [0.2, 0.25) is 0 Å². The Hall–Kier alpha value is -4.11. The van der Waals surface area contributed by atoms with Crippen LogP contribution in [0.1, 0.15) is 28.7 Å². The molecule has 0 unspecified atom stereocenters. The van der Waals surface area contributed by atoms with Crippen molar-refractivity contribution in [2.24, 2.45) is 0 Å². The van der Waals surface area contributed by atoms with Crippen LogP contribution in [0.25, 0.3) is 0 Å². The number of cyclic esters (lactones) is 1. The van der Waals surface area contributed by atoms with Crippen LogP contribution in [0.15, 0.2) is 133 Å². The average molecular weight is 621 g/mol. The van der Waals surface area contributed by atoms with Crippen molar-refractivity contribution in [2.45, 2.75) is 63.4 Å². The molecule has 0 aromatic heterocycles. The maximum Gasteiger partial charge on any atom is 0.331 e. The summed E-state index contributed by atoms with van der Waals surface area (Å²) in [7, 11) is 0. The van der Waals surface area contributed by atoms with Gasteiger partial charge >= 0.3 is 5.97 Å². The van der Waals surface area contributed by atoms with Gasteiger partial charge in [-0.2, -0.15) is 0 Å². The van der Waals surface area contributed by atoms with E-state index in [1.165, 1.54) is 0 Å². The minimum absolute atomic E-state index is 0.239. The number of esters is 1. The van der Waals surface area contributed by atoms with Gasteiger partial charge in [-0.3, -0.25) is 0 Å². The van der Waals surface area contributed by atoms with Crippen molar-refractivity contribution in [2.75, 3.05) is 13.2 Å². The number of rotatable bonds is 15. The molecule has 0 amide bonds. The van der Waals surface area contributed by atoms with E-state index in [9.17, 15) is 4.79 Å². The van der Waals surface area contributed by atoms with Crippen LogP contribution in [-0.4, -0.2) is 49.7 Å². The largest absolute Gasteiger partial charge is 0.458 e. The summed E-state index contributed by atoms with van der Waals surface area (Å²) in [5, 5.41) is 0. The Balaban J connectivity index is 1.30. The van der Waals surface area contributed by atoms with Crippen molar-refractivity contribution in [1.82, 2.24) is 0 Å². The number of ether oxygens (including phenoxy) is 6. The summed E-state index contributed by atoms with van der Waals surface area (Å²) in [6, 6.07) is 40.3. The van der Waals surface area contributed by atoms with E-state index >= 15 is 0 Å². The van der Waals surface area contributed by atoms with Crippen LogP contribution in [0.5, 0.6) is 0 Å². The second kappa shape index (κ2) is 16.5. The highest BCUT2D eigenvalue weighted by molar-refractivity contribution is 5.85. The van der Waals surface area contributed by atoms with Gasteiger partial charge in [-0.15, -0.1) is 0 Å². The zero-order chi connectivity index (χ0) is 31.4. The molecule has 4 aromatic carbocycles. The van der Waals surface area contributed by atoms with Crippen LogP contribution in [0.2, 0.25) is 0 Å². The van der Waals surface area contributed by atoms with Crippen LogP contribution >= 0.6 is 0 Å². The van der Waals surface area contributed by atoms with Crippen molar-refractivity contribution >= 4 is 5.97 Å². The Kier molecular flexibility index (Phi) is 11.4. The maximum absolute atomic E-state index is 12.0. The molecular formula is C39H40O7. The van der Waals surface area contributed by atoms with E-state index in [-0.39, 0.29) is 19.2 Å². The molecule has 0 N–H and O–H groups in total. The van der Waals surface area contributed by atoms with Crippen LogP contribution in [0, 0.1) is 0 Å². The van der Waals surface area contributed by atoms with Crippen LogP contribution in [-0.2, 0) is 59.6 Å². The molecular weight excluding hydrogens is 580 g/mol. The fourth-order valence-corrected chi connectivity index (χ4v) is 5.84. The number of hydrogen-bond acceptors (Lipinski definition) is 7. The van der Waals surface area contributed by atoms with E-state index in [1.54, 1.807) is 6.08 Å². The molecule has 4 aromatic rings. The molecule has 7 heteroatoms. The van der Waals surface area contributed by atoms with Gasteiger partial charge in [0.15, 0.2) is 0 Å². The summed E-state index contributed by atoms with van der Waals surface area (Å²) in [6.07, 6.45) is -0.414. The predicted molar refractivity (Wildman–Crippen MR) is 173 cm³/mol. The summed E-state index contributed by atoms with van der Waals surface area (Å²) in [5.74, 6) is -0.337. The lowest BCUT2D eigenvalue weighted by molar-refractivity contribution is -0.272. The minimum atomic E-state index is -0.508. The molecule has 6 rings (SSSR count). The van der Waals surface area contributed by atoms with Crippen molar-refractivity contribution in [3.63, 3.8) is 0 Å². The minimum Gasteiger partial charge on any atom is -0.458 e. The smallest absolute Gasteiger partial charge is 0.331 e. The molecule has 5 atom stereocenters. The third kappa shape index (κ3) is 9.00. The Bertz CT molecular complexity index is 1510. The van der Waals surface area contributed by atoms with Gasteiger partial charge in [0, 0.05) is 12.5 Å². The van der Waals surface area contributed by atoms with E-state index in [4.69, 9.17) is 28.4 Å². The average Bonchev–Trinajstić information content (AvgIpc) is 3.52. The first-order valence-corrected chi connectivity index (χ1v) is 15.8. The van der Waals surface area contributed by atoms with Crippen molar-refractivity contribution in [1.29, 1.82) is 0 Å². The fourth-order valence-electron chi connectivity index (χ4n) is 5.84. The molecule has 2 aliphatic heterocycles. The van der Waals surface area contributed by atoms with E-state index in [0.717, 1.165) is 27.8 Å². The first kappa shape index (κ1) is 31.9. The van der Waals surface area contributed by atoms with Crippen molar-refractivity contribution in [3.8, 4) is 0 Å². The van der Waals surface area contributed by atoms with Crippen molar-refractivity contribution in [3.05, 3.63) is 155 Å². The third-order valence-corrected chi connectivity index (χ3v) is 8.16. The Morgan fingerprint density at radius 2 is 0.978 bits per heavy atom. The normalized spacial score (nSPS) is 22.7. The predicted octanol–water partition coefficient (Wildman–Crippen LogP) is 6.60. The van der Waals surface area contributed by atoms with Gasteiger partial charge in [0.1, 0.15) is 31.0 Å². The summed E-state index contributed by atoms with van der Waals surface area (Å²) >= 11 is 0. The van der Waals surface area contributed by atoms with Gasteiger partial charge < -0.3 is 28.4 Å². The molecule has 0 saturated carbocycles. The molecule has 1 fully saturated rings. The Morgan fingerprint density at radius 1 is 0.543 bits per heavy atom. The topological polar surface area (TPSA) is 72.5 Å². The van der Waals surface area contributed by atoms with Gasteiger partial charge in [0.05, 0.1) is 39.1 Å². The van der Waals surface area contributed by atoms with Gasteiger partial charge in [-0.05, 0) is 27.8 Å². The number of benzene rings is 4. The zero-order valence-corrected chi connectivity index (χ0v) is 25.8. The molecule has 1 saturated heterocycles. The highest BCUT2D eigenvalue weighted by atomic mass is 16.6. The lowest BCUT2D eigenvalue weighted by atomic mass is 9.90. The number of carbonyl (C=O) groups excluding carboxylic acids is 1. The molecule has 2 aliphatic rings. The van der Waals surface area contributed by atoms with Gasteiger partial charge in [-0.25, -0.2) is 4.79 Å². The summed E-state index contributed by atoms with van der Waals surface area (Å²) in [5.41, 5.74) is 5.06. The standard InChI is InChI=1S/C39H40O7/c40-36-22-33(27-42-36)21-34-37(43-24-30-15-7-2-8-16-30)39(45-26-32-19-11-4-12-20-32)38(44-25-31-17-9-3-10-18-31)35(46-34)28-41-23-29-13-5-1-6-14-29/h1-20,22,34-35,37-39H,21,23-28H2/t34-,35-,37+,38-,39-/m1/s1. The lowest BCUT2D eigenvalue weighted by Crippen LogP contribution is -2.61. The molecule has 238 valence electrons. The highest BCUT2D eigenvalue weighted by Gasteiger charge is 2.48. The molecule has 2 heterocycles. The van der Waals surface area contributed by atoms with Crippen molar-refractivity contribution < 1.29 is 33.2 Å². The molecule has 0 radical (unpaired) electrons. The molecule has 0 spiro atoms. The quantitative estimate of drug-likeness (QED) is 0.139. The molecule has 0 bridgehead atoms. The van der Waals surface area contributed by atoms with E-state index in [1.807, 2.05) is 121 Å². The number of hydrogen-bond donors (Lipinski definition) is 0. The summed E-state index contributed by atoms with van der Waals surface area (Å²) < 4.78 is 38.5. The highest BCUT2D eigenvalue weighted by Crippen LogP contribution is 2.34. The summed E-state index contributed by atoms with van der Waals surface area (Å²) in [4.78, 5) is 12.0. The first-order chi connectivity index (χ1) is 22.7. The molecule has 0 aliphatic carbocycles. The van der Waals surface area contributed by atoms with Crippen LogP contribution in [0.4, 0.5) is 0 Å². The SMILES string of the molecule is O=C1C=C(C[C@H]2O[C@H](COCc3ccccc3)[C@@H](OCc3ccccc3)[C@H](OCc3ccccc3)[C@H]2OCc2ccccc2)CO1. The van der Waals surface area contributed by atoms with E-state index in [2.05, 4.69) is 0 Å². The first-order valence-electron chi connectivity index (χ1n) is 15.8.